The molecule has 1 aromatic carbocycles. The molecular weight excluding hydrogens is 217 g/mol. The molecule has 0 bridgehead atoms. The van der Waals surface area contributed by atoms with Crippen molar-refractivity contribution in [1.29, 1.82) is 0 Å². The number of benzene rings is 1. The highest BCUT2D eigenvalue weighted by atomic mass is 19.1. The van der Waals surface area contributed by atoms with Crippen LogP contribution >= 0.6 is 0 Å². The Kier molecular flexibility index (Phi) is 3.38. The first-order valence-electron chi connectivity index (χ1n) is 6.21. The van der Waals surface area contributed by atoms with E-state index in [4.69, 9.17) is 0 Å². The van der Waals surface area contributed by atoms with E-state index in [0.717, 1.165) is 18.8 Å². The van der Waals surface area contributed by atoms with E-state index < -0.39 is 6.10 Å². The molecule has 1 fully saturated rings. The van der Waals surface area contributed by atoms with E-state index in [-0.39, 0.29) is 5.82 Å². The van der Waals surface area contributed by atoms with Crippen LogP contribution in [0, 0.1) is 17.7 Å². The molecule has 1 aliphatic heterocycles. The van der Waals surface area contributed by atoms with Gasteiger partial charge in [-0.05, 0) is 37.0 Å². The zero-order valence-corrected chi connectivity index (χ0v) is 10.7. The maximum Gasteiger partial charge on any atom is 0.123 e. The van der Waals surface area contributed by atoms with Crippen molar-refractivity contribution in [2.75, 3.05) is 18.0 Å². The lowest BCUT2D eigenvalue weighted by atomic mass is 10.0. The third-order valence-corrected chi connectivity index (χ3v) is 3.77. The Morgan fingerprint density at radius 1 is 1.29 bits per heavy atom. The van der Waals surface area contributed by atoms with Gasteiger partial charge in [0.2, 0.25) is 0 Å². The number of hydrogen-bond donors (Lipinski definition) is 1. The van der Waals surface area contributed by atoms with Gasteiger partial charge in [-0.3, -0.25) is 0 Å². The lowest BCUT2D eigenvalue weighted by Crippen LogP contribution is -2.21. The minimum Gasteiger partial charge on any atom is -0.389 e. The number of aliphatic hydroxyl groups is 1. The fourth-order valence-electron chi connectivity index (χ4n) is 2.47. The lowest BCUT2D eigenvalue weighted by Gasteiger charge is -2.23. The summed E-state index contributed by atoms with van der Waals surface area (Å²) < 4.78 is 13.2. The molecule has 1 saturated heterocycles. The lowest BCUT2D eigenvalue weighted by molar-refractivity contribution is 0.199. The Balaban J connectivity index is 2.32. The molecular formula is C14H20FNO. The summed E-state index contributed by atoms with van der Waals surface area (Å²) in [4.78, 5) is 2.25. The van der Waals surface area contributed by atoms with Gasteiger partial charge in [0.15, 0.2) is 0 Å². The fraction of sp³-hybridized carbons (Fsp3) is 0.571. The molecule has 0 amide bonds. The molecule has 3 unspecified atom stereocenters. The monoisotopic (exact) mass is 237 g/mol. The number of aliphatic hydroxyl groups excluding tert-OH is 1. The SMILES string of the molecule is CC(O)c1cc(F)ccc1N1CC(C)C(C)C1. The Morgan fingerprint density at radius 3 is 2.41 bits per heavy atom. The van der Waals surface area contributed by atoms with Crippen molar-refractivity contribution >= 4 is 5.69 Å². The molecule has 1 N–H and O–H groups in total. The van der Waals surface area contributed by atoms with Crippen molar-refractivity contribution in [2.24, 2.45) is 11.8 Å². The smallest absolute Gasteiger partial charge is 0.123 e. The number of anilines is 1. The molecule has 0 aliphatic carbocycles. The summed E-state index contributed by atoms with van der Waals surface area (Å²) in [6.45, 7) is 8.10. The second kappa shape index (κ2) is 4.65. The molecule has 2 rings (SSSR count). The van der Waals surface area contributed by atoms with Crippen molar-refractivity contribution in [1.82, 2.24) is 0 Å². The third-order valence-electron chi connectivity index (χ3n) is 3.77. The van der Waals surface area contributed by atoms with Crippen molar-refractivity contribution in [3.05, 3.63) is 29.6 Å². The van der Waals surface area contributed by atoms with Crippen LogP contribution < -0.4 is 4.90 Å². The predicted molar refractivity (Wildman–Crippen MR) is 67.6 cm³/mol. The number of rotatable bonds is 2. The second-order valence-corrected chi connectivity index (χ2v) is 5.24. The highest BCUT2D eigenvalue weighted by molar-refractivity contribution is 5.55. The van der Waals surface area contributed by atoms with Crippen LogP contribution in [-0.2, 0) is 0 Å². The van der Waals surface area contributed by atoms with E-state index in [0.29, 0.717) is 17.4 Å². The molecule has 1 aromatic rings. The van der Waals surface area contributed by atoms with Crippen LogP contribution in [0.1, 0.15) is 32.4 Å². The van der Waals surface area contributed by atoms with Gasteiger partial charge in [0.25, 0.3) is 0 Å². The average Bonchev–Trinajstić information content (AvgIpc) is 2.59. The van der Waals surface area contributed by atoms with E-state index in [1.807, 2.05) is 0 Å². The van der Waals surface area contributed by atoms with Crippen LogP contribution in [0.2, 0.25) is 0 Å². The van der Waals surface area contributed by atoms with E-state index in [1.54, 1.807) is 13.0 Å². The molecule has 0 aromatic heterocycles. The molecule has 0 spiro atoms. The summed E-state index contributed by atoms with van der Waals surface area (Å²) in [5.41, 5.74) is 1.66. The maximum atomic E-state index is 13.2. The van der Waals surface area contributed by atoms with E-state index in [9.17, 15) is 9.50 Å². The molecule has 0 saturated carbocycles. The van der Waals surface area contributed by atoms with Crippen LogP contribution in [0.5, 0.6) is 0 Å². The molecule has 94 valence electrons. The zero-order valence-electron chi connectivity index (χ0n) is 10.7. The van der Waals surface area contributed by atoms with E-state index >= 15 is 0 Å². The van der Waals surface area contributed by atoms with Gasteiger partial charge in [-0.2, -0.15) is 0 Å². The normalized spacial score (nSPS) is 26.3. The standard InChI is InChI=1S/C14H20FNO/c1-9-7-16(8-10(9)2)14-5-4-12(15)6-13(14)11(3)17/h4-6,9-11,17H,7-8H2,1-3H3. The summed E-state index contributed by atoms with van der Waals surface area (Å²) in [6, 6.07) is 4.69. The Bertz CT molecular complexity index is 395. The molecule has 2 nitrogen and oxygen atoms in total. The van der Waals surface area contributed by atoms with Gasteiger partial charge in [-0.1, -0.05) is 13.8 Å². The first kappa shape index (κ1) is 12.4. The van der Waals surface area contributed by atoms with Gasteiger partial charge in [0.05, 0.1) is 6.10 Å². The molecule has 1 heterocycles. The summed E-state index contributed by atoms with van der Waals surface area (Å²) in [7, 11) is 0. The number of hydrogen-bond acceptors (Lipinski definition) is 2. The van der Waals surface area contributed by atoms with Crippen molar-refractivity contribution in [2.45, 2.75) is 26.9 Å². The molecule has 3 atom stereocenters. The van der Waals surface area contributed by atoms with Gasteiger partial charge in [0.1, 0.15) is 5.82 Å². The van der Waals surface area contributed by atoms with Crippen LogP contribution in [0.3, 0.4) is 0 Å². The maximum absolute atomic E-state index is 13.2. The van der Waals surface area contributed by atoms with Crippen LogP contribution in [-0.4, -0.2) is 18.2 Å². The molecule has 17 heavy (non-hydrogen) atoms. The number of halogens is 1. The fourth-order valence-corrected chi connectivity index (χ4v) is 2.47. The first-order chi connectivity index (χ1) is 7.99. The summed E-state index contributed by atoms with van der Waals surface area (Å²) in [6.07, 6.45) is -0.632. The predicted octanol–water partition coefficient (Wildman–Crippen LogP) is 2.97. The minimum absolute atomic E-state index is 0.287. The van der Waals surface area contributed by atoms with Crippen molar-refractivity contribution < 1.29 is 9.50 Å². The van der Waals surface area contributed by atoms with E-state index in [2.05, 4.69) is 18.7 Å². The second-order valence-electron chi connectivity index (χ2n) is 5.24. The molecule has 1 aliphatic rings. The summed E-state index contributed by atoms with van der Waals surface area (Å²) in [5.74, 6) is 0.994. The van der Waals surface area contributed by atoms with Crippen LogP contribution in [0.25, 0.3) is 0 Å². The Labute approximate surface area is 102 Å². The minimum atomic E-state index is -0.632. The summed E-state index contributed by atoms with van der Waals surface area (Å²) >= 11 is 0. The van der Waals surface area contributed by atoms with Gasteiger partial charge >= 0.3 is 0 Å². The highest BCUT2D eigenvalue weighted by Crippen LogP contribution is 2.33. The topological polar surface area (TPSA) is 23.5 Å². The van der Waals surface area contributed by atoms with Gasteiger partial charge in [0, 0.05) is 24.3 Å². The Hall–Kier alpha value is -1.09. The van der Waals surface area contributed by atoms with Crippen LogP contribution in [0.15, 0.2) is 18.2 Å². The molecule has 3 heteroatoms. The number of nitrogens with zero attached hydrogens (tertiary/aromatic N) is 1. The van der Waals surface area contributed by atoms with Crippen LogP contribution in [0.4, 0.5) is 10.1 Å². The Morgan fingerprint density at radius 2 is 1.88 bits per heavy atom. The molecule has 0 radical (unpaired) electrons. The highest BCUT2D eigenvalue weighted by Gasteiger charge is 2.28. The quantitative estimate of drug-likeness (QED) is 0.854. The van der Waals surface area contributed by atoms with Crippen molar-refractivity contribution in [3.63, 3.8) is 0 Å². The van der Waals surface area contributed by atoms with Gasteiger partial charge in [-0.15, -0.1) is 0 Å². The van der Waals surface area contributed by atoms with Gasteiger partial charge in [-0.25, -0.2) is 4.39 Å². The zero-order chi connectivity index (χ0) is 12.6. The summed E-state index contributed by atoms with van der Waals surface area (Å²) in [5, 5.41) is 9.73. The third kappa shape index (κ3) is 2.44. The van der Waals surface area contributed by atoms with E-state index in [1.165, 1.54) is 12.1 Å². The van der Waals surface area contributed by atoms with Crippen molar-refractivity contribution in [3.8, 4) is 0 Å². The first-order valence-corrected chi connectivity index (χ1v) is 6.21. The van der Waals surface area contributed by atoms with Gasteiger partial charge < -0.3 is 10.0 Å². The largest absolute Gasteiger partial charge is 0.389 e. The average molecular weight is 237 g/mol.